The molecule has 0 spiro atoms. The standard InChI is InChI=1S/C6H4BrClFNO/c1-11-5-3(9)2-10-6(8)4(5)7/h2H,1H3. The highest BCUT2D eigenvalue weighted by Crippen LogP contribution is 2.32. The van der Waals surface area contributed by atoms with Crippen molar-refractivity contribution in [2.75, 3.05) is 7.11 Å². The highest BCUT2D eigenvalue weighted by molar-refractivity contribution is 9.10. The van der Waals surface area contributed by atoms with Crippen LogP contribution < -0.4 is 4.74 Å². The summed E-state index contributed by atoms with van der Waals surface area (Å²) >= 11 is 8.59. The van der Waals surface area contributed by atoms with Crippen LogP contribution in [0.3, 0.4) is 0 Å². The molecule has 2 nitrogen and oxygen atoms in total. The van der Waals surface area contributed by atoms with Crippen molar-refractivity contribution < 1.29 is 9.13 Å². The van der Waals surface area contributed by atoms with Gasteiger partial charge in [-0.3, -0.25) is 0 Å². The number of methoxy groups -OCH3 is 1. The zero-order valence-electron chi connectivity index (χ0n) is 5.57. The van der Waals surface area contributed by atoms with Crippen molar-refractivity contribution in [3.8, 4) is 5.75 Å². The second-order valence-corrected chi connectivity index (χ2v) is 2.90. The summed E-state index contributed by atoms with van der Waals surface area (Å²) in [5.41, 5.74) is 0. The third-order valence-corrected chi connectivity index (χ3v) is 2.34. The van der Waals surface area contributed by atoms with E-state index in [2.05, 4.69) is 20.9 Å². The molecule has 0 unspecified atom stereocenters. The van der Waals surface area contributed by atoms with Crippen molar-refractivity contribution in [2.24, 2.45) is 0 Å². The third-order valence-electron chi connectivity index (χ3n) is 1.09. The first-order valence-corrected chi connectivity index (χ1v) is 3.87. The van der Waals surface area contributed by atoms with Gasteiger partial charge in [0, 0.05) is 0 Å². The average Bonchev–Trinajstić information content (AvgIpc) is 1.99. The second-order valence-electron chi connectivity index (χ2n) is 1.74. The highest BCUT2D eigenvalue weighted by Gasteiger charge is 2.10. The largest absolute Gasteiger partial charge is 0.492 e. The van der Waals surface area contributed by atoms with Crippen molar-refractivity contribution in [1.82, 2.24) is 4.98 Å². The Labute approximate surface area is 76.5 Å². The normalized spacial score (nSPS) is 9.82. The molecule has 0 amide bonds. The quantitative estimate of drug-likeness (QED) is 0.704. The average molecular weight is 240 g/mol. The van der Waals surface area contributed by atoms with E-state index in [1.165, 1.54) is 7.11 Å². The van der Waals surface area contributed by atoms with Crippen LogP contribution in [0.1, 0.15) is 0 Å². The molecular formula is C6H4BrClFNO. The van der Waals surface area contributed by atoms with Crippen LogP contribution in [0.5, 0.6) is 5.75 Å². The van der Waals surface area contributed by atoms with Gasteiger partial charge in [0.05, 0.1) is 17.8 Å². The first kappa shape index (κ1) is 8.74. The third kappa shape index (κ3) is 1.62. The van der Waals surface area contributed by atoms with Crippen LogP contribution in [0.15, 0.2) is 10.7 Å². The van der Waals surface area contributed by atoms with Gasteiger partial charge in [0.1, 0.15) is 5.15 Å². The molecule has 0 aromatic carbocycles. The summed E-state index contributed by atoms with van der Waals surface area (Å²) in [6, 6.07) is 0. The van der Waals surface area contributed by atoms with E-state index in [1.54, 1.807) is 0 Å². The minimum absolute atomic E-state index is 0.0741. The number of hydrogen-bond donors (Lipinski definition) is 0. The van der Waals surface area contributed by atoms with Crippen LogP contribution in [0.25, 0.3) is 0 Å². The summed E-state index contributed by atoms with van der Waals surface area (Å²) in [5.74, 6) is -0.464. The minimum Gasteiger partial charge on any atom is -0.492 e. The molecule has 0 aliphatic rings. The van der Waals surface area contributed by atoms with Gasteiger partial charge >= 0.3 is 0 Å². The maximum atomic E-state index is 12.8. The van der Waals surface area contributed by atoms with Gasteiger partial charge in [0.2, 0.25) is 0 Å². The van der Waals surface area contributed by atoms with E-state index in [1.807, 2.05) is 0 Å². The van der Waals surface area contributed by atoms with Crippen LogP contribution in [0.4, 0.5) is 4.39 Å². The molecule has 0 N–H and O–H groups in total. The Hall–Kier alpha value is -0.350. The SMILES string of the molecule is COc1c(F)cnc(Cl)c1Br. The minimum atomic E-state index is -0.538. The molecule has 1 rings (SSSR count). The molecule has 0 atom stereocenters. The van der Waals surface area contributed by atoms with Crippen molar-refractivity contribution in [3.63, 3.8) is 0 Å². The van der Waals surface area contributed by atoms with E-state index in [4.69, 9.17) is 16.3 Å². The molecule has 1 aromatic rings. The summed E-state index contributed by atoms with van der Waals surface area (Å²) in [5, 5.41) is 0.184. The van der Waals surface area contributed by atoms with Gasteiger partial charge in [-0.05, 0) is 15.9 Å². The second kappa shape index (κ2) is 3.36. The van der Waals surface area contributed by atoms with Crippen LogP contribution in [0, 0.1) is 5.82 Å². The first-order chi connectivity index (χ1) is 5.16. The van der Waals surface area contributed by atoms with Gasteiger partial charge in [0.15, 0.2) is 11.6 Å². The predicted octanol–water partition coefficient (Wildman–Crippen LogP) is 2.65. The molecule has 11 heavy (non-hydrogen) atoms. The van der Waals surface area contributed by atoms with E-state index in [9.17, 15) is 4.39 Å². The van der Waals surface area contributed by atoms with E-state index in [-0.39, 0.29) is 10.9 Å². The number of ether oxygens (including phenoxy) is 1. The van der Waals surface area contributed by atoms with Crippen LogP contribution in [-0.4, -0.2) is 12.1 Å². The lowest BCUT2D eigenvalue weighted by molar-refractivity contribution is 0.382. The topological polar surface area (TPSA) is 22.1 Å². The lowest BCUT2D eigenvalue weighted by Crippen LogP contribution is -1.91. The maximum Gasteiger partial charge on any atom is 0.184 e. The molecule has 0 bridgehead atoms. The van der Waals surface area contributed by atoms with Gasteiger partial charge in [-0.15, -0.1) is 0 Å². The van der Waals surface area contributed by atoms with Crippen molar-refractivity contribution >= 4 is 27.5 Å². The molecule has 60 valence electrons. The van der Waals surface area contributed by atoms with Crippen LogP contribution in [0.2, 0.25) is 5.15 Å². The molecular weight excluding hydrogens is 236 g/mol. The number of nitrogens with zero attached hydrogens (tertiary/aromatic N) is 1. The lowest BCUT2D eigenvalue weighted by Gasteiger charge is -2.03. The summed E-state index contributed by atoms with van der Waals surface area (Å²) in [7, 11) is 1.36. The van der Waals surface area contributed by atoms with Gasteiger partial charge in [-0.25, -0.2) is 9.37 Å². The van der Waals surface area contributed by atoms with E-state index in [0.29, 0.717) is 4.47 Å². The Morgan fingerprint density at radius 3 is 2.82 bits per heavy atom. The molecule has 0 aliphatic carbocycles. The number of rotatable bonds is 1. The van der Waals surface area contributed by atoms with Crippen molar-refractivity contribution in [3.05, 3.63) is 21.6 Å². The Balaban J connectivity index is 3.29. The van der Waals surface area contributed by atoms with E-state index in [0.717, 1.165) is 6.20 Å². The number of hydrogen-bond acceptors (Lipinski definition) is 2. The first-order valence-electron chi connectivity index (χ1n) is 2.70. The summed E-state index contributed by atoms with van der Waals surface area (Å²) < 4.78 is 17.8. The predicted molar refractivity (Wildman–Crippen MR) is 43.5 cm³/mol. The lowest BCUT2D eigenvalue weighted by atomic mass is 10.4. The fourth-order valence-corrected chi connectivity index (χ4v) is 1.20. The fourth-order valence-electron chi connectivity index (χ4n) is 0.614. The monoisotopic (exact) mass is 239 g/mol. The smallest absolute Gasteiger partial charge is 0.184 e. The molecule has 1 aromatic heterocycles. The summed E-state index contributed by atoms with van der Waals surface area (Å²) in [6.07, 6.45) is 1.01. The maximum absolute atomic E-state index is 12.8. The van der Waals surface area contributed by atoms with E-state index < -0.39 is 5.82 Å². The number of aromatic nitrogens is 1. The molecule has 0 fully saturated rings. The van der Waals surface area contributed by atoms with Gasteiger partial charge in [-0.2, -0.15) is 0 Å². The zero-order chi connectivity index (χ0) is 8.43. The van der Waals surface area contributed by atoms with Gasteiger partial charge in [0.25, 0.3) is 0 Å². The van der Waals surface area contributed by atoms with Crippen LogP contribution in [-0.2, 0) is 0 Å². The Bertz CT molecular complexity index is 282. The number of pyridine rings is 1. The summed E-state index contributed by atoms with van der Waals surface area (Å²) in [6.45, 7) is 0. The molecule has 5 heteroatoms. The fraction of sp³-hybridized carbons (Fsp3) is 0.167. The molecule has 0 saturated heterocycles. The summed E-state index contributed by atoms with van der Waals surface area (Å²) in [4.78, 5) is 3.55. The van der Waals surface area contributed by atoms with Crippen molar-refractivity contribution in [1.29, 1.82) is 0 Å². The van der Waals surface area contributed by atoms with Gasteiger partial charge < -0.3 is 4.74 Å². The Morgan fingerprint density at radius 1 is 1.73 bits per heavy atom. The number of halogens is 3. The molecule has 0 saturated carbocycles. The van der Waals surface area contributed by atoms with Crippen molar-refractivity contribution in [2.45, 2.75) is 0 Å². The zero-order valence-corrected chi connectivity index (χ0v) is 7.91. The Kier molecular flexibility index (Phi) is 2.67. The highest BCUT2D eigenvalue weighted by atomic mass is 79.9. The molecule has 1 heterocycles. The van der Waals surface area contributed by atoms with Gasteiger partial charge in [-0.1, -0.05) is 11.6 Å². The van der Waals surface area contributed by atoms with Crippen LogP contribution >= 0.6 is 27.5 Å². The Morgan fingerprint density at radius 2 is 2.36 bits per heavy atom. The van der Waals surface area contributed by atoms with E-state index >= 15 is 0 Å². The molecule has 0 radical (unpaired) electrons. The molecule has 0 aliphatic heterocycles.